The Morgan fingerprint density at radius 1 is 1.21 bits per heavy atom. The highest BCUT2D eigenvalue weighted by molar-refractivity contribution is 6.25. The number of carbonyl (C=O) groups excluding carboxylic acids is 2. The van der Waals surface area contributed by atoms with E-state index < -0.39 is 47.1 Å². The molecule has 2 aromatic rings. The summed E-state index contributed by atoms with van der Waals surface area (Å²) in [7, 11) is 0. The van der Waals surface area contributed by atoms with Gasteiger partial charge in [-0.2, -0.15) is 17.9 Å². The molecule has 1 fully saturated rings. The minimum atomic E-state index is -4.78. The van der Waals surface area contributed by atoms with Crippen LogP contribution in [0.1, 0.15) is 42.1 Å². The summed E-state index contributed by atoms with van der Waals surface area (Å²) in [5.74, 6) is -2.92. The number of aryl methyl sites for hydroxylation is 1. The van der Waals surface area contributed by atoms with Crippen molar-refractivity contribution in [1.29, 1.82) is 0 Å². The summed E-state index contributed by atoms with van der Waals surface area (Å²) in [5, 5.41) is 14.2. The predicted octanol–water partition coefficient (Wildman–Crippen LogP) is 2.20. The van der Waals surface area contributed by atoms with Crippen LogP contribution in [0, 0.1) is 6.92 Å². The molecule has 1 saturated carbocycles. The van der Waals surface area contributed by atoms with Gasteiger partial charge in [-0.15, -0.1) is 5.10 Å². The number of aromatic nitrogens is 3. The monoisotopic (exact) mass is 397 g/mol. The van der Waals surface area contributed by atoms with E-state index >= 15 is 0 Å². The third kappa shape index (κ3) is 3.73. The Bertz CT molecular complexity index is 1030. The summed E-state index contributed by atoms with van der Waals surface area (Å²) < 4.78 is 44.6. The van der Waals surface area contributed by atoms with Gasteiger partial charge in [0.25, 0.3) is 0 Å². The lowest BCUT2D eigenvalue weighted by Crippen LogP contribution is -2.23. The molecule has 0 amide bonds. The van der Waals surface area contributed by atoms with Crippen molar-refractivity contribution in [3.8, 4) is 0 Å². The third-order valence-electron chi connectivity index (χ3n) is 4.13. The normalized spacial score (nSPS) is 15.2. The highest BCUT2D eigenvalue weighted by Crippen LogP contribution is 2.31. The third-order valence-corrected chi connectivity index (χ3v) is 4.13. The van der Waals surface area contributed by atoms with Gasteiger partial charge in [-0.05, 0) is 18.6 Å². The molecule has 1 N–H and O–H groups in total. The molecule has 148 valence electrons. The van der Waals surface area contributed by atoms with Crippen LogP contribution in [0.4, 0.5) is 13.2 Å². The number of aliphatic hydroxyl groups is 1. The van der Waals surface area contributed by atoms with E-state index in [1.165, 1.54) is 6.92 Å². The molecule has 0 aliphatic heterocycles. The average molecular weight is 397 g/mol. The summed E-state index contributed by atoms with van der Waals surface area (Å²) in [6.07, 6.45) is -4.37. The quantitative estimate of drug-likeness (QED) is 0.480. The number of pyridine rings is 1. The number of ketones is 2. The van der Waals surface area contributed by atoms with Gasteiger partial charge in [0.1, 0.15) is 17.0 Å². The number of halogens is 3. The lowest BCUT2D eigenvalue weighted by atomic mass is 9.89. The van der Waals surface area contributed by atoms with Gasteiger partial charge < -0.3 is 9.52 Å². The van der Waals surface area contributed by atoms with Gasteiger partial charge >= 0.3 is 11.9 Å². The maximum Gasteiger partial charge on any atom is 0.437 e. The Morgan fingerprint density at radius 3 is 2.39 bits per heavy atom. The molecular formula is C17H14F3N3O5. The summed E-state index contributed by atoms with van der Waals surface area (Å²) in [6, 6.07) is 1.52. The van der Waals surface area contributed by atoms with Crippen molar-refractivity contribution in [3.63, 3.8) is 0 Å². The summed E-state index contributed by atoms with van der Waals surface area (Å²) >= 11 is 0. The Kier molecular flexibility index (Phi) is 4.92. The fourth-order valence-electron chi connectivity index (χ4n) is 2.86. The zero-order chi connectivity index (χ0) is 20.6. The molecule has 0 spiro atoms. The number of hydrogen-bond donors (Lipinski definition) is 1. The van der Waals surface area contributed by atoms with Gasteiger partial charge in [0.05, 0.1) is 12.2 Å². The van der Waals surface area contributed by atoms with Crippen molar-refractivity contribution in [1.82, 2.24) is 14.8 Å². The number of Topliss-reactive ketones (excluding diaryl/α,β-unsaturated/α-hetero) is 2. The van der Waals surface area contributed by atoms with Crippen LogP contribution in [0.2, 0.25) is 0 Å². The van der Waals surface area contributed by atoms with E-state index in [9.17, 15) is 32.7 Å². The smallest absolute Gasteiger partial charge is 0.437 e. The van der Waals surface area contributed by atoms with E-state index in [1.807, 2.05) is 0 Å². The Balaban J connectivity index is 2.17. The molecule has 28 heavy (non-hydrogen) atoms. The van der Waals surface area contributed by atoms with Gasteiger partial charge in [0, 0.05) is 25.3 Å². The number of hydrogen-bond acceptors (Lipinski definition) is 7. The summed E-state index contributed by atoms with van der Waals surface area (Å²) in [4.78, 5) is 39.3. The predicted molar refractivity (Wildman–Crippen MR) is 87.3 cm³/mol. The number of allylic oxidation sites excluding steroid dienone is 1. The molecule has 3 rings (SSSR count). The fourth-order valence-corrected chi connectivity index (χ4v) is 2.86. The first-order chi connectivity index (χ1) is 13.1. The maximum atomic E-state index is 13.1. The standard InChI is InChI=1S/C17H14F3N3O5/c1-8-22-23(16(27)28-8)7-10-9(5-6-13(21-10)17(18,19)20)15(26)14-11(24)3-2-4-12(14)25/h5-6,26H,2-4,7H2,1H3. The zero-order valence-corrected chi connectivity index (χ0v) is 14.5. The Morgan fingerprint density at radius 2 is 1.86 bits per heavy atom. The van der Waals surface area contributed by atoms with E-state index in [1.54, 1.807) is 0 Å². The fraction of sp³-hybridized carbons (Fsp3) is 0.353. The van der Waals surface area contributed by atoms with Crippen LogP contribution in [-0.4, -0.2) is 31.4 Å². The molecule has 8 nitrogen and oxygen atoms in total. The van der Waals surface area contributed by atoms with Crippen LogP contribution in [-0.2, 0) is 22.3 Å². The van der Waals surface area contributed by atoms with E-state index in [2.05, 4.69) is 10.1 Å². The van der Waals surface area contributed by atoms with Crippen LogP contribution in [0.3, 0.4) is 0 Å². The van der Waals surface area contributed by atoms with E-state index in [0.29, 0.717) is 12.5 Å². The first-order valence-electron chi connectivity index (χ1n) is 8.19. The van der Waals surface area contributed by atoms with Crippen molar-refractivity contribution >= 4 is 17.3 Å². The summed E-state index contributed by atoms with van der Waals surface area (Å²) in [5.41, 5.74) is -2.39. The topological polar surface area (TPSA) is 115 Å². The van der Waals surface area contributed by atoms with Crippen LogP contribution >= 0.6 is 0 Å². The molecule has 0 aromatic carbocycles. The number of nitrogens with zero attached hydrogens (tertiary/aromatic N) is 3. The van der Waals surface area contributed by atoms with Crippen molar-refractivity contribution in [2.75, 3.05) is 0 Å². The van der Waals surface area contributed by atoms with Gasteiger partial charge in [-0.25, -0.2) is 9.78 Å². The van der Waals surface area contributed by atoms with E-state index in [4.69, 9.17) is 4.42 Å². The molecule has 0 atom stereocenters. The van der Waals surface area contributed by atoms with Gasteiger partial charge in [-0.3, -0.25) is 9.59 Å². The van der Waals surface area contributed by atoms with Crippen LogP contribution in [0.25, 0.3) is 5.76 Å². The Labute approximate surface area is 155 Å². The van der Waals surface area contributed by atoms with Crippen molar-refractivity contribution in [3.05, 3.63) is 51.1 Å². The molecule has 11 heteroatoms. The lowest BCUT2D eigenvalue weighted by molar-refractivity contribution is -0.141. The van der Waals surface area contributed by atoms with Crippen LogP contribution in [0.15, 0.2) is 26.9 Å². The largest absolute Gasteiger partial charge is 0.506 e. The second-order valence-electron chi connectivity index (χ2n) is 6.16. The second-order valence-corrected chi connectivity index (χ2v) is 6.16. The zero-order valence-electron chi connectivity index (χ0n) is 14.5. The molecule has 2 aromatic heterocycles. The van der Waals surface area contributed by atoms with Gasteiger partial charge in [0.15, 0.2) is 11.6 Å². The minimum Gasteiger partial charge on any atom is -0.506 e. The SMILES string of the molecule is Cc1nn(Cc2nc(C(F)(F)F)ccc2C(O)=C2C(=O)CCCC2=O)c(=O)o1. The molecule has 0 unspecified atom stereocenters. The van der Waals surface area contributed by atoms with Crippen molar-refractivity contribution in [2.24, 2.45) is 0 Å². The first kappa shape index (κ1) is 19.5. The summed E-state index contributed by atoms with van der Waals surface area (Å²) in [6.45, 7) is 0.812. The van der Waals surface area contributed by atoms with Gasteiger partial charge in [0.2, 0.25) is 5.89 Å². The molecule has 1 aliphatic rings. The minimum absolute atomic E-state index is 0.0151. The number of alkyl halides is 3. The van der Waals surface area contributed by atoms with Crippen LogP contribution < -0.4 is 5.76 Å². The average Bonchev–Trinajstić information content (AvgIpc) is 2.91. The highest BCUT2D eigenvalue weighted by Gasteiger charge is 2.34. The Hall–Kier alpha value is -3.24. The van der Waals surface area contributed by atoms with E-state index in [-0.39, 0.29) is 30.0 Å². The molecule has 0 saturated heterocycles. The molecule has 1 aliphatic carbocycles. The second kappa shape index (κ2) is 7.06. The lowest BCUT2D eigenvalue weighted by Gasteiger charge is -2.16. The molecule has 0 radical (unpaired) electrons. The first-order valence-corrected chi connectivity index (χ1v) is 8.19. The van der Waals surface area contributed by atoms with Crippen molar-refractivity contribution < 1.29 is 32.3 Å². The van der Waals surface area contributed by atoms with Crippen molar-refractivity contribution in [2.45, 2.75) is 38.9 Å². The number of rotatable bonds is 3. The molecule has 2 heterocycles. The molecule has 0 bridgehead atoms. The molecular weight excluding hydrogens is 383 g/mol. The number of aliphatic hydroxyl groups excluding tert-OH is 1. The highest BCUT2D eigenvalue weighted by atomic mass is 19.4. The van der Waals surface area contributed by atoms with E-state index in [0.717, 1.165) is 10.7 Å². The maximum absolute atomic E-state index is 13.1. The van der Waals surface area contributed by atoms with Gasteiger partial charge in [-0.1, -0.05) is 0 Å². The number of carbonyl (C=O) groups is 2. The van der Waals surface area contributed by atoms with Crippen LogP contribution in [0.5, 0.6) is 0 Å².